The van der Waals surface area contributed by atoms with Crippen molar-refractivity contribution in [1.82, 2.24) is 5.32 Å². The molecule has 2 aromatic rings. The van der Waals surface area contributed by atoms with Crippen LogP contribution in [0.3, 0.4) is 0 Å². The highest BCUT2D eigenvalue weighted by Gasteiger charge is 2.25. The first-order valence-electron chi connectivity index (χ1n) is 7.02. The van der Waals surface area contributed by atoms with Gasteiger partial charge in [-0.1, -0.05) is 65.1 Å². The molecule has 1 aliphatic rings. The molecule has 2 aromatic carbocycles. The summed E-state index contributed by atoms with van der Waals surface area (Å²) in [6, 6.07) is 12.5. The summed E-state index contributed by atoms with van der Waals surface area (Å²) in [7, 11) is 0. The van der Waals surface area contributed by atoms with E-state index in [2.05, 4.69) is 36.5 Å². The van der Waals surface area contributed by atoms with Gasteiger partial charge in [0.25, 0.3) is 0 Å². The predicted molar refractivity (Wildman–Crippen MR) is 90.8 cm³/mol. The molecule has 0 fully saturated rings. The van der Waals surface area contributed by atoms with Gasteiger partial charge in [0.2, 0.25) is 0 Å². The molecule has 0 bridgehead atoms. The van der Waals surface area contributed by atoms with Crippen LogP contribution in [0.15, 0.2) is 36.4 Å². The predicted octanol–water partition coefficient (Wildman–Crippen LogP) is 5.64. The second-order valence-corrected chi connectivity index (χ2v) is 6.66. The van der Waals surface area contributed by atoms with E-state index in [0.717, 1.165) is 18.5 Å². The average Bonchev–Trinajstić information content (AvgIpc) is 2.45. The van der Waals surface area contributed by atoms with Gasteiger partial charge in [0.1, 0.15) is 0 Å². The summed E-state index contributed by atoms with van der Waals surface area (Å²) >= 11 is 18.4. The van der Waals surface area contributed by atoms with E-state index >= 15 is 0 Å². The van der Waals surface area contributed by atoms with Crippen LogP contribution in [0.25, 0.3) is 0 Å². The SMILES string of the molecule is CC(NCC1Cc2ccccc21)c1ccc(Cl)c(Cl)c1Cl. The Kier molecular flexibility index (Phi) is 4.46. The van der Waals surface area contributed by atoms with Crippen LogP contribution in [-0.4, -0.2) is 6.54 Å². The molecule has 0 aromatic heterocycles. The van der Waals surface area contributed by atoms with Gasteiger partial charge in [0.15, 0.2) is 0 Å². The molecular weight excluding hydrogens is 325 g/mol. The van der Waals surface area contributed by atoms with E-state index in [0.29, 0.717) is 21.0 Å². The van der Waals surface area contributed by atoms with E-state index in [1.54, 1.807) is 6.07 Å². The highest BCUT2D eigenvalue weighted by molar-refractivity contribution is 6.48. The summed E-state index contributed by atoms with van der Waals surface area (Å²) in [5, 5.41) is 5.00. The molecule has 0 radical (unpaired) electrons. The van der Waals surface area contributed by atoms with Gasteiger partial charge in [0, 0.05) is 18.5 Å². The Morgan fingerprint density at radius 3 is 2.62 bits per heavy atom. The molecular formula is C17H16Cl3N. The van der Waals surface area contributed by atoms with Crippen LogP contribution in [0.1, 0.15) is 35.6 Å². The zero-order valence-corrected chi connectivity index (χ0v) is 13.9. The highest BCUT2D eigenvalue weighted by atomic mass is 35.5. The Bertz CT molecular complexity index is 669. The molecule has 0 spiro atoms. The van der Waals surface area contributed by atoms with Crippen LogP contribution in [0.2, 0.25) is 15.1 Å². The molecule has 3 rings (SSSR count). The zero-order chi connectivity index (χ0) is 15.0. The third-order valence-electron chi connectivity index (χ3n) is 4.16. The van der Waals surface area contributed by atoms with Crippen molar-refractivity contribution in [2.24, 2.45) is 0 Å². The lowest BCUT2D eigenvalue weighted by atomic mass is 9.77. The monoisotopic (exact) mass is 339 g/mol. The van der Waals surface area contributed by atoms with Gasteiger partial charge in [-0.15, -0.1) is 0 Å². The number of benzene rings is 2. The molecule has 1 N–H and O–H groups in total. The average molecular weight is 341 g/mol. The van der Waals surface area contributed by atoms with E-state index in [9.17, 15) is 0 Å². The molecule has 21 heavy (non-hydrogen) atoms. The van der Waals surface area contributed by atoms with Gasteiger partial charge in [0.05, 0.1) is 15.1 Å². The quantitative estimate of drug-likeness (QED) is 0.710. The summed E-state index contributed by atoms with van der Waals surface area (Å²) in [5.41, 5.74) is 3.90. The van der Waals surface area contributed by atoms with Gasteiger partial charge in [-0.2, -0.15) is 0 Å². The molecule has 2 unspecified atom stereocenters. The molecule has 2 atom stereocenters. The first-order chi connectivity index (χ1) is 10.1. The van der Waals surface area contributed by atoms with Crippen molar-refractivity contribution < 1.29 is 0 Å². The fraction of sp³-hybridized carbons (Fsp3) is 0.294. The van der Waals surface area contributed by atoms with E-state index in [4.69, 9.17) is 34.8 Å². The van der Waals surface area contributed by atoms with Crippen LogP contribution in [-0.2, 0) is 6.42 Å². The molecule has 1 nitrogen and oxygen atoms in total. The summed E-state index contributed by atoms with van der Waals surface area (Å²) in [5.74, 6) is 0.588. The molecule has 0 saturated heterocycles. The fourth-order valence-corrected chi connectivity index (χ4v) is 3.56. The maximum Gasteiger partial charge on any atom is 0.0781 e. The molecule has 0 saturated carbocycles. The van der Waals surface area contributed by atoms with Crippen LogP contribution in [0.4, 0.5) is 0 Å². The second-order valence-electron chi connectivity index (χ2n) is 5.49. The van der Waals surface area contributed by atoms with Gasteiger partial charge >= 0.3 is 0 Å². The Morgan fingerprint density at radius 2 is 1.86 bits per heavy atom. The van der Waals surface area contributed by atoms with Crippen LogP contribution >= 0.6 is 34.8 Å². The standard InChI is InChI=1S/C17H16Cl3N/c1-10(13-6-7-15(18)17(20)16(13)19)21-9-12-8-11-4-2-3-5-14(11)12/h2-7,10,12,21H,8-9H2,1H3. The lowest BCUT2D eigenvalue weighted by molar-refractivity contribution is 0.489. The Morgan fingerprint density at radius 1 is 1.10 bits per heavy atom. The van der Waals surface area contributed by atoms with Crippen molar-refractivity contribution in [3.63, 3.8) is 0 Å². The maximum absolute atomic E-state index is 6.28. The van der Waals surface area contributed by atoms with E-state index in [1.807, 2.05) is 6.07 Å². The van der Waals surface area contributed by atoms with E-state index in [-0.39, 0.29) is 6.04 Å². The number of hydrogen-bond acceptors (Lipinski definition) is 1. The Balaban J connectivity index is 1.66. The van der Waals surface area contributed by atoms with E-state index in [1.165, 1.54) is 11.1 Å². The van der Waals surface area contributed by atoms with Crippen LogP contribution in [0, 0.1) is 0 Å². The number of nitrogens with one attached hydrogen (secondary N) is 1. The van der Waals surface area contributed by atoms with Crippen molar-refractivity contribution >= 4 is 34.8 Å². The normalized spacial score (nSPS) is 18.0. The molecule has 0 amide bonds. The number of fused-ring (bicyclic) bond motifs is 1. The van der Waals surface area contributed by atoms with Crippen molar-refractivity contribution in [2.45, 2.75) is 25.3 Å². The third kappa shape index (κ3) is 2.93. The van der Waals surface area contributed by atoms with Gasteiger partial charge < -0.3 is 5.32 Å². The van der Waals surface area contributed by atoms with Crippen molar-refractivity contribution in [3.8, 4) is 0 Å². The topological polar surface area (TPSA) is 12.0 Å². The smallest absolute Gasteiger partial charge is 0.0781 e. The molecule has 1 aliphatic carbocycles. The van der Waals surface area contributed by atoms with Crippen molar-refractivity contribution in [2.75, 3.05) is 6.54 Å². The van der Waals surface area contributed by atoms with Gasteiger partial charge in [-0.05, 0) is 36.1 Å². The lowest BCUT2D eigenvalue weighted by Crippen LogP contribution is -2.30. The lowest BCUT2D eigenvalue weighted by Gasteiger charge is -2.31. The van der Waals surface area contributed by atoms with Crippen LogP contribution < -0.4 is 5.32 Å². The van der Waals surface area contributed by atoms with E-state index < -0.39 is 0 Å². The first kappa shape index (κ1) is 15.2. The number of hydrogen-bond donors (Lipinski definition) is 1. The van der Waals surface area contributed by atoms with Gasteiger partial charge in [-0.25, -0.2) is 0 Å². The number of rotatable bonds is 4. The molecule has 110 valence electrons. The minimum absolute atomic E-state index is 0.139. The highest BCUT2D eigenvalue weighted by Crippen LogP contribution is 2.37. The minimum Gasteiger partial charge on any atom is -0.310 e. The molecule has 4 heteroatoms. The molecule has 0 aliphatic heterocycles. The number of halogens is 3. The zero-order valence-electron chi connectivity index (χ0n) is 11.7. The largest absolute Gasteiger partial charge is 0.310 e. The second kappa shape index (κ2) is 6.18. The van der Waals surface area contributed by atoms with Gasteiger partial charge in [-0.3, -0.25) is 0 Å². The Labute approximate surface area is 140 Å². The summed E-state index contributed by atoms with van der Waals surface area (Å²) < 4.78 is 0. The fourth-order valence-electron chi connectivity index (χ4n) is 2.85. The van der Waals surface area contributed by atoms with Crippen molar-refractivity contribution in [1.29, 1.82) is 0 Å². The maximum atomic E-state index is 6.28. The third-order valence-corrected chi connectivity index (χ3v) is 5.47. The molecule has 0 heterocycles. The summed E-state index contributed by atoms with van der Waals surface area (Å²) in [6.45, 7) is 3.03. The summed E-state index contributed by atoms with van der Waals surface area (Å²) in [4.78, 5) is 0. The van der Waals surface area contributed by atoms with Crippen molar-refractivity contribution in [3.05, 3.63) is 68.2 Å². The Hall–Kier alpha value is -0.730. The van der Waals surface area contributed by atoms with Crippen LogP contribution in [0.5, 0.6) is 0 Å². The summed E-state index contributed by atoms with van der Waals surface area (Å²) in [6.07, 6.45) is 1.14. The first-order valence-corrected chi connectivity index (χ1v) is 8.16. The minimum atomic E-state index is 0.139.